The minimum absolute atomic E-state index is 0.0170. The lowest BCUT2D eigenvalue weighted by atomic mass is 10.1. The summed E-state index contributed by atoms with van der Waals surface area (Å²) in [6, 6.07) is 11.2. The fraction of sp³-hybridized carbons (Fsp3) is 0.500. The van der Waals surface area contributed by atoms with E-state index in [0.717, 1.165) is 51.1 Å². The van der Waals surface area contributed by atoms with Crippen LogP contribution in [0.25, 0.3) is 0 Å². The van der Waals surface area contributed by atoms with Gasteiger partial charge in [0.1, 0.15) is 5.75 Å². The second kappa shape index (κ2) is 16.3. The predicted molar refractivity (Wildman–Crippen MR) is 138 cm³/mol. The van der Waals surface area contributed by atoms with E-state index in [4.69, 9.17) is 4.74 Å². The Morgan fingerprint density at radius 2 is 1.78 bits per heavy atom. The fourth-order valence-electron chi connectivity index (χ4n) is 3.59. The molecule has 2 aromatic carbocycles. The Balaban J connectivity index is 1.50. The van der Waals surface area contributed by atoms with Gasteiger partial charge in [-0.05, 0) is 85.3 Å². The summed E-state index contributed by atoms with van der Waals surface area (Å²) in [5, 5.41) is 32.3. The molecule has 0 unspecified atom stereocenters. The SMILES string of the molecule is CC(=O)ONS(=O)(=O)c1cccc(CCCCOCCCCCNC[C@@H](O)c2ccc(O)c(CO)c2)c1. The number of aromatic hydroxyl groups is 1. The first kappa shape index (κ1) is 30.7. The number of unbranched alkanes of at least 4 members (excludes halogenated alkanes) is 3. The molecule has 37 heavy (non-hydrogen) atoms. The van der Waals surface area contributed by atoms with Crippen molar-refractivity contribution in [2.75, 3.05) is 26.3 Å². The number of ether oxygens (including phenoxy) is 1. The van der Waals surface area contributed by atoms with Crippen molar-refractivity contribution >= 4 is 16.0 Å². The molecule has 0 bridgehead atoms. The molecular formula is C26H38N2O8S. The molecule has 5 N–H and O–H groups in total. The molecule has 10 nitrogen and oxygen atoms in total. The highest BCUT2D eigenvalue weighted by molar-refractivity contribution is 7.89. The lowest BCUT2D eigenvalue weighted by molar-refractivity contribution is -0.144. The molecule has 0 aliphatic carbocycles. The molecular weight excluding hydrogens is 500 g/mol. The zero-order valence-corrected chi connectivity index (χ0v) is 22.0. The number of hydrogen-bond acceptors (Lipinski definition) is 9. The van der Waals surface area contributed by atoms with E-state index in [9.17, 15) is 28.5 Å². The zero-order chi connectivity index (χ0) is 27.1. The zero-order valence-electron chi connectivity index (χ0n) is 21.2. The second-order valence-corrected chi connectivity index (χ2v) is 10.4. The maximum atomic E-state index is 12.1. The van der Waals surface area contributed by atoms with E-state index in [2.05, 4.69) is 10.2 Å². The van der Waals surface area contributed by atoms with Crippen LogP contribution in [0.15, 0.2) is 47.4 Å². The largest absolute Gasteiger partial charge is 0.508 e. The van der Waals surface area contributed by atoms with Crippen molar-refractivity contribution in [2.45, 2.75) is 63.1 Å². The van der Waals surface area contributed by atoms with Gasteiger partial charge in [-0.2, -0.15) is 0 Å². The third kappa shape index (κ3) is 11.6. The van der Waals surface area contributed by atoms with Crippen molar-refractivity contribution in [2.24, 2.45) is 0 Å². The number of aliphatic hydroxyl groups is 2. The monoisotopic (exact) mass is 538 g/mol. The average molecular weight is 539 g/mol. The summed E-state index contributed by atoms with van der Waals surface area (Å²) >= 11 is 0. The molecule has 0 spiro atoms. The summed E-state index contributed by atoms with van der Waals surface area (Å²) in [6.07, 6.45) is 4.61. The minimum Gasteiger partial charge on any atom is -0.508 e. The second-order valence-electron chi connectivity index (χ2n) is 8.72. The standard InChI is InChI=1S/C26H38N2O8S/c1-20(30)36-28-37(33,34)24-10-7-9-21(16-24)8-3-6-15-35-14-5-2-4-13-27-18-26(32)22-11-12-25(31)23(17-22)19-29/h7,9-12,16-17,26-29,31-32H,2-6,8,13-15,18-19H2,1H3/t26-/m1/s1. The van der Waals surface area contributed by atoms with Gasteiger partial charge in [0.15, 0.2) is 0 Å². The lowest BCUT2D eigenvalue weighted by Crippen LogP contribution is -2.26. The van der Waals surface area contributed by atoms with Crippen molar-refractivity contribution < 1.29 is 38.1 Å². The number of sulfonamides is 1. The van der Waals surface area contributed by atoms with Crippen LogP contribution < -0.4 is 10.2 Å². The van der Waals surface area contributed by atoms with Crippen molar-refractivity contribution in [3.05, 3.63) is 59.2 Å². The van der Waals surface area contributed by atoms with E-state index < -0.39 is 22.1 Å². The maximum absolute atomic E-state index is 12.1. The van der Waals surface area contributed by atoms with Gasteiger partial charge in [0.2, 0.25) is 0 Å². The molecule has 0 heterocycles. The third-order valence-electron chi connectivity index (χ3n) is 5.65. The van der Waals surface area contributed by atoms with Gasteiger partial charge in [0, 0.05) is 32.2 Å². The van der Waals surface area contributed by atoms with E-state index in [1.807, 2.05) is 6.07 Å². The molecule has 0 saturated heterocycles. The number of phenols is 1. The molecule has 2 rings (SSSR count). The van der Waals surface area contributed by atoms with E-state index in [1.165, 1.54) is 12.1 Å². The van der Waals surface area contributed by atoms with Gasteiger partial charge in [0.25, 0.3) is 10.0 Å². The average Bonchev–Trinajstić information content (AvgIpc) is 2.88. The molecule has 0 aromatic heterocycles. The topological polar surface area (TPSA) is 154 Å². The Morgan fingerprint density at radius 3 is 2.51 bits per heavy atom. The van der Waals surface area contributed by atoms with Crippen LogP contribution in [0, 0.1) is 0 Å². The van der Waals surface area contributed by atoms with E-state index in [0.29, 0.717) is 37.3 Å². The molecule has 206 valence electrons. The Kier molecular flexibility index (Phi) is 13.5. The first-order valence-corrected chi connectivity index (χ1v) is 13.9. The van der Waals surface area contributed by atoms with Crippen LogP contribution in [0.3, 0.4) is 0 Å². The van der Waals surface area contributed by atoms with E-state index in [1.54, 1.807) is 29.2 Å². The Hall–Kier alpha value is -2.54. The molecule has 0 amide bonds. The van der Waals surface area contributed by atoms with Gasteiger partial charge in [-0.25, -0.2) is 8.42 Å². The van der Waals surface area contributed by atoms with E-state index >= 15 is 0 Å². The number of carbonyl (C=O) groups excluding carboxylic acids is 1. The van der Waals surface area contributed by atoms with Crippen molar-refractivity contribution in [1.82, 2.24) is 10.2 Å². The molecule has 2 aromatic rings. The van der Waals surface area contributed by atoms with Crippen molar-refractivity contribution in [1.29, 1.82) is 0 Å². The molecule has 0 saturated carbocycles. The third-order valence-corrected chi connectivity index (χ3v) is 6.82. The quantitative estimate of drug-likeness (QED) is 0.142. The summed E-state index contributed by atoms with van der Waals surface area (Å²) in [5.41, 5.74) is 1.92. The summed E-state index contributed by atoms with van der Waals surface area (Å²) in [5.74, 6) is -0.722. The summed E-state index contributed by atoms with van der Waals surface area (Å²) in [7, 11) is -3.90. The highest BCUT2D eigenvalue weighted by Crippen LogP contribution is 2.22. The number of benzene rings is 2. The van der Waals surface area contributed by atoms with Gasteiger partial charge in [-0.1, -0.05) is 18.2 Å². The number of nitrogens with one attached hydrogen (secondary N) is 2. The fourth-order valence-corrected chi connectivity index (χ4v) is 4.48. The van der Waals surface area contributed by atoms with Crippen LogP contribution in [0.1, 0.15) is 61.8 Å². The van der Waals surface area contributed by atoms with Crippen LogP contribution in [0.2, 0.25) is 0 Å². The Labute approximate surface area is 218 Å². The van der Waals surface area contributed by atoms with Crippen LogP contribution >= 0.6 is 0 Å². The van der Waals surface area contributed by atoms with Gasteiger partial charge < -0.3 is 30.2 Å². The first-order valence-electron chi connectivity index (χ1n) is 12.4. The normalized spacial score (nSPS) is 12.4. The number of hydrogen-bond donors (Lipinski definition) is 5. The molecule has 0 radical (unpaired) electrons. The minimum atomic E-state index is -3.90. The Morgan fingerprint density at radius 1 is 1.03 bits per heavy atom. The van der Waals surface area contributed by atoms with Crippen LogP contribution in [-0.2, 0) is 37.4 Å². The number of aryl methyl sites for hydroxylation is 1. The molecule has 0 aliphatic heterocycles. The first-order chi connectivity index (χ1) is 17.7. The highest BCUT2D eigenvalue weighted by Gasteiger charge is 2.16. The number of aliphatic hydroxyl groups excluding tert-OH is 2. The molecule has 1 atom stereocenters. The van der Waals surface area contributed by atoms with Crippen molar-refractivity contribution in [3.63, 3.8) is 0 Å². The van der Waals surface area contributed by atoms with Gasteiger partial charge in [-0.3, -0.25) is 4.79 Å². The van der Waals surface area contributed by atoms with Gasteiger partial charge in [0.05, 0.1) is 17.6 Å². The molecule has 0 fully saturated rings. The predicted octanol–water partition coefficient (Wildman–Crippen LogP) is 2.47. The van der Waals surface area contributed by atoms with Gasteiger partial charge in [-0.15, -0.1) is 0 Å². The van der Waals surface area contributed by atoms with Crippen molar-refractivity contribution in [3.8, 4) is 5.75 Å². The summed E-state index contributed by atoms with van der Waals surface area (Å²) in [6.45, 7) is 3.31. The smallest absolute Gasteiger partial charge is 0.323 e. The van der Waals surface area contributed by atoms with Crippen LogP contribution in [0.4, 0.5) is 0 Å². The lowest BCUT2D eigenvalue weighted by Gasteiger charge is -2.14. The highest BCUT2D eigenvalue weighted by atomic mass is 32.2. The van der Waals surface area contributed by atoms with Crippen LogP contribution in [0.5, 0.6) is 5.75 Å². The summed E-state index contributed by atoms with van der Waals surface area (Å²) in [4.78, 5) is 17.1. The molecule has 0 aliphatic rings. The maximum Gasteiger partial charge on any atom is 0.323 e. The molecule has 11 heteroatoms. The Bertz CT molecular complexity index is 1080. The number of carbonyl (C=O) groups is 1. The van der Waals surface area contributed by atoms with E-state index in [-0.39, 0.29) is 17.3 Å². The number of rotatable bonds is 18. The summed E-state index contributed by atoms with van der Waals surface area (Å²) < 4.78 is 29.9. The van der Waals surface area contributed by atoms with Gasteiger partial charge >= 0.3 is 5.97 Å². The van der Waals surface area contributed by atoms with Crippen LogP contribution in [-0.4, -0.2) is 56.0 Å².